The molecular formula is C9H12N2O. The van der Waals surface area contributed by atoms with Crippen molar-refractivity contribution in [3.8, 4) is 0 Å². The minimum Gasteiger partial charge on any atom is -0.594 e. The lowest BCUT2D eigenvalue weighted by molar-refractivity contribution is -0.445. The van der Waals surface area contributed by atoms with Crippen LogP contribution in [-0.2, 0) is 0 Å². The van der Waals surface area contributed by atoms with Crippen LogP contribution in [0.15, 0.2) is 35.4 Å². The first kappa shape index (κ1) is 8.71. The van der Waals surface area contributed by atoms with Crippen LogP contribution in [0.2, 0.25) is 0 Å². The van der Waals surface area contributed by atoms with Gasteiger partial charge in [0.2, 0.25) is 5.69 Å². The van der Waals surface area contributed by atoms with E-state index < -0.39 is 0 Å². The van der Waals surface area contributed by atoms with Crippen molar-refractivity contribution >= 4 is 5.69 Å². The molecule has 0 fully saturated rings. The summed E-state index contributed by atoms with van der Waals surface area (Å²) in [5.74, 6) is 0. The van der Waals surface area contributed by atoms with Crippen LogP contribution in [0.25, 0.3) is 0 Å². The largest absolute Gasteiger partial charge is 0.594 e. The molecule has 0 aromatic heterocycles. The van der Waals surface area contributed by atoms with E-state index in [1.54, 1.807) is 12.1 Å². The topological polar surface area (TPSA) is 38.4 Å². The van der Waals surface area contributed by atoms with Gasteiger partial charge in [-0.1, -0.05) is 23.1 Å². The number of benzene rings is 1. The molecule has 0 bridgehead atoms. The zero-order valence-corrected chi connectivity index (χ0v) is 7.27. The van der Waals surface area contributed by atoms with Crippen molar-refractivity contribution in [2.75, 3.05) is 0 Å². The summed E-state index contributed by atoms with van der Waals surface area (Å²) < 4.78 is 0. The van der Waals surface area contributed by atoms with E-state index in [-0.39, 0.29) is 6.04 Å². The Hall–Kier alpha value is -1.38. The molecule has 0 atom stereocenters. The summed E-state index contributed by atoms with van der Waals surface area (Å²) in [6.07, 6.45) is 0. The third-order valence-electron chi connectivity index (χ3n) is 1.31. The number of nitrogens with zero attached hydrogens (tertiary/aromatic N) is 2. The second kappa shape index (κ2) is 3.85. The van der Waals surface area contributed by atoms with Gasteiger partial charge in [-0.05, 0) is 19.0 Å². The predicted molar refractivity (Wildman–Crippen MR) is 47.3 cm³/mol. The summed E-state index contributed by atoms with van der Waals surface area (Å²) in [5, 5.41) is 15.0. The smallest absolute Gasteiger partial charge is 0.244 e. The monoisotopic (exact) mass is 164 g/mol. The van der Waals surface area contributed by atoms with Gasteiger partial charge in [-0.2, -0.15) is 0 Å². The Morgan fingerprint density at radius 3 is 2.33 bits per heavy atom. The van der Waals surface area contributed by atoms with Gasteiger partial charge in [-0.15, -0.1) is 0 Å². The summed E-state index contributed by atoms with van der Waals surface area (Å²) in [7, 11) is 0. The van der Waals surface area contributed by atoms with E-state index in [0.717, 1.165) is 0 Å². The summed E-state index contributed by atoms with van der Waals surface area (Å²) in [6, 6.07) is 9.00. The highest BCUT2D eigenvalue weighted by Gasteiger charge is 2.01. The Morgan fingerprint density at radius 2 is 1.83 bits per heavy atom. The Labute approximate surface area is 71.9 Å². The molecule has 3 heteroatoms. The lowest BCUT2D eigenvalue weighted by atomic mass is 10.3. The number of rotatable bonds is 2. The maximum absolute atomic E-state index is 11.2. The summed E-state index contributed by atoms with van der Waals surface area (Å²) >= 11 is 0. The fourth-order valence-corrected chi connectivity index (χ4v) is 0.832. The molecule has 1 rings (SSSR count). The first-order chi connectivity index (χ1) is 5.70. The number of hydrogen-bond donors (Lipinski definition) is 0. The van der Waals surface area contributed by atoms with Crippen LogP contribution >= 0.6 is 0 Å². The van der Waals surface area contributed by atoms with Crippen molar-refractivity contribution < 1.29 is 4.86 Å². The first-order valence-electron chi connectivity index (χ1n) is 3.93. The fraction of sp³-hybridized carbons (Fsp3) is 0.333. The van der Waals surface area contributed by atoms with Gasteiger partial charge in [0, 0.05) is 12.1 Å². The van der Waals surface area contributed by atoms with Gasteiger partial charge >= 0.3 is 0 Å². The van der Waals surface area contributed by atoms with Crippen molar-refractivity contribution in [3.05, 3.63) is 35.5 Å². The molecule has 0 amide bonds. The van der Waals surface area contributed by atoms with Gasteiger partial charge in [-0.25, -0.2) is 0 Å². The third kappa shape index (κ3) is 2.34. The van der Waals surface area contributed by atoms with Gasteiger partial charge in [0.15, 0.2) is 0 Å². The summed E-state index contributed by atoms with van der Waals surface area (Å²) in [6.45, 7) is 3.74. The Balaban J connectivity index is 2.85. The van der Waals surface area contributed by atoms with Crippen LogP contribution in [0.5, 0.6) is 0 Å². The van der Waals surface area contributed by atoms with Gasteiger partial charge in [0.05, 0.1) is 0 Å². The SMILES string of the molecule is CC(C)N=[N+]([O-])c1ccccc1. The molecule has 0 radical (unpaired) electrons. The zero-order valence-electron chi connectivity index (χ0n) is 7.27. The quantitative estimate of drug-likeness (QED) is 0.376. The van der Waals surface area contributed by atoms with Crippen LogP contribution in [-0.4, -0.2) is 10.9 Å². The highest BCUT2D eigenvalue weighted by atomic mass is 16.5. The summed E-state index contributed by atoms with van der Waals surface area (Å²) in [4.78, 5) is 0.657. The van der Waals surface area contributed by atoms with E-state index in [1.807, 2.05) is 32.0 Å². The van der Waals surface area contributed by atoms with E-state index in [9.17, 15) is 5.21 Å². The molecule has 0 saturated heterocycles. The molecule has 1 aromatic carbocycles. The maximum Gasteiger partial charge on any atom is 0.244 e. The minimum absolute atomic E-state index is 0.0303. The predicted octanol–water partition coefficient (Wildman–Crippen LogP) is 2.69. The molecule has 0 saturated carbocycles. The van der Waals surface area contributed by atoms with Crippen molar-refractivity contribution in [3.63, 3.8) is 0 Å². The Morgan fingerprint density at radius 1 is 1.25 bits per heavy atom. The molecule has 64 valence electrons. The Bertz CT molecular complexity index is 267. The van der Waals surface area contributed by atoms with Crippen molar-refractivity contribution in [2.24, 2.45) is 5.11 Å². The molecule has 0 spiro atoms. The zero-order chi connectivity index (χ0) is 8.97. The van der Waals surface area contributed by atoms with E-state index in [0.29, 0.717) is 10.5 Å². The molecule has 0 unspecified atom stereocenters. The summed E-state index contributed by atoms with van der Waals surface area (Å²) in [5.41, 5.74) is 0.575. The Kier molecular flexibility index (Phi) is 2.80. The van der Waals surface area contributed by atoms with Crippen LogP contribution in [0.1, 0.15) is 13.8 Å². The van der Waals surface area contributed by atoms with Gasteiger partial charge < -0.3 is 5.21 Å². The normalized spacial score (nSPS) is 12.1. The van der Waals surface area contributed by atoms with Crippen molar-refractivity contribution in [1.29, 1.82) is 0 Å². The van der Waals surface area contributed by atoms with E-state index in [2.05, 4.69) is 5.11 Å². The van der Waals surface area contributed by atoms with Crippen molar-refractivity contribution in [1.82, 2.24) is 0 Å². The number of azo groups is 1. The van der Waals surface area contributed by atoms with E-state index in [1.165, 1.54) is 0 Å². The second-order valence-corrected chi connectivity index (χ2v) is 2.82. The van der Waals surface area contributed by atoms with Gasteiger partial charge in [0.25, 0.3) is 0 Å². The minimum atomic E-state index is 0.0303. The van der Waals surface area contributed by atoms with Crippen LogP contribution in [0, 0.1) is 5.21 Å². The standard InChI is InChI=1S/C9H12N2O/c1-8(2)10-11(12)9-6-4-3-5-7-9/h3-8H,1-2H3. The highest BCUT2D eigenvalue weighted by molar-refractivity contribution is 5.27. The van der Waals surface area contributed by atoms with Crippen LogP contribution in [0.4, 0.5) is 5.69 Å². The molecule has 0 aliphatic carbocycles. The fourth-order valence-electron chi connectivity index (χ4n) is 0.832. The average molecular weight is 164 g/mol. The first-order valence-corrected chi connectivity index (χ1v) is 3.93. The molecule has 0 aliphatic heterocycles. The highest BCUT2D eigenvalue weighted by Crippen LogP contribution is 2.10. The lowest BCUT2D eigenvalue weighted by Gasteiger charge is -1.99. The molecular weight excluding hydrogens is 152 g/mol. The number of hydrogen-bond acceptors (Lipinski definition) is 2. The van der Waals surface area contributed by atoms with Crippen molar-refractivity contribution in [2.45, 2.75) is 19.9 Å². The van der Waals surface area contributed by atoms with E-state index >= 15 is 0 Å². The van der Waals surface area contributed by atoms with Crippen LogP contribution in [0.3, 0.4) is 0 Å². The van der Waals surface area contributed by atoms with E-state index in [4.69, 9.17) is 0 Å². The molecule has 12 heavy (non-hydrogen) atoms. The molecule has 0 heterocycles. The molecule has 0 N–H and O–H groups in total. The molecule has 3 nitrogen and oxygen atoms in total. The second-order valence-electron chi connectivity index (χ2n) is 2.82. The molecule has 0 aliphatic rings. The maximum atomic E-state index is 11.2. The number of para-hydroxylation sites is 1. The van der Waals surface area contributed by atoms with Gasteiger partial charge in [-0.3, -0.25) is 0 Å². The van der Waals surface area contributed by atoms with Gasteiger partial charge in [0.1, 0.15) is 6.04 Å². The lowest BCUT2D eigenvalue weighted by Crippen LogP contribution is -1.97. The molecule has 1 aromatic rings. The average Bonchev–Trinajstić information content (AvgIpc) is 2.05. The third-order valence-corrected chi connectivity index (χ3v) is 1.31. The van der Waals surface area contributed by atoms with Crippen LogP contribution < -0.4 is 0 Å².